The Kier molecular flexibility index (Phi) is 10.9. The van der Waals surface area contributed by atoms with Gasteiger partial charge in [-0.15, -0.1) is 24.0 Å². The molecule has 0 aromatic carbocycles. The lowest BCUT2D eigenvalue weighted by atomic mass is 9.83. The van der Waals surface area contributed by atoms with Gasteiger partial charge in [-0.25, -0.2) is 8.42 Å². The Hall–Kier alpha value is -0.0900. The first-order chi connectivity index (χ1) is 12.4. The topological polar surface area (TPSA) is 79.8 Å². The second kappa shape index (κ2) is 11.8. The van der Waals surface area contributed by atoms with E-state index >= 15 is 0 Å². The standard InChI is InChI=1S/C19H37N3O3S.HI/c1-4-6-16-7-9-17(10-8-16)22-18(20-5-2)21-15-19(26(3,23)24)11-13-25-14-12-19;/h16-17H,4-15H2,1-3H3,(H2,20,21,22);1H. The van der Waals surface area contributed by atoms with Gasteiger partial charge in [0, 0.05) is 32.1 Å². The molecular formula is C19H38IN3O3S. The van der Waals surface area contributed by atoms with E-state index in [1.165, 1.54) is 44.8 Å². The fraction of sp³-hybridized carbons (Fsp3) is 0.947. The zero-order valence-electron chi connectivity index (χ0n) is 17.1. The van der Waals surface area contributed by atoms with Gasteiger partial charge in [0.05, 0.1) is 11.3 Å². The van der Waals surface area contributed by atoms with Crippen LogP contribution in [0.5, 0.6) is 0 Å². The van der Waals surface area contributed by atoms with E-state index in [-0.39, 0.29) is 24.0 Å². The van der Waals surface area contributed by atoms with Crippen LogP contribution in [-0.2, 0) is 14.6 Å². The van der Waals surface area contributed by atoms with Crippen LogP contribution < -0.4 is 10.6 Å². The predicted molar refractivity (Wildman–Crippen MR) is 123 cm³/mol. The second-order valence-electron chi connectivity index (χ2n) is 7.91. The van der Waals surface area contributed by atoms with Gasteiger partial charge in [0.2, 0.25) is 0 Å². The number of halogens is 1. The number of ether oxygens (including phenoxy) is 1. The highest BCUT2D eigenvalue weighted by atomic mass is 127. The van der Waals surface area contributed by atoms with Crippen molar-refractivity contribution in [2.45, 2.75) is 76.0 Å². The molecule has 0 spiro atoms. The molecule has 2 aliphatic rings. The Bertz CT molecular complexity index is 555. The summed E-state index contributed by atoms with van der Waals surface area (Å²) in [5, 5.41) is 6.83. The van der Waals surface area contributed by atoms with Gasteiger partial charge in [-0.3, -0.25) is 4.99 Å². The van der Waals surface area contributed by atoms with Gasteiger partial charge in [0.15, 0.2) is 15.8 Å². The first-order valence-electron chi connectivity index (χ1n) is 10.2. The summed E-state index contributed by atoms with van der Waals surface area (Å²) in [6.45, 7) is 6.36. The summed E-state index contributed by atoms with van der Waals surface area (Å²) in [5.41, 5.74) is 0. The minimum atomic E-state index is -3.19. The number of sulfone groups is 1. The molecular weight excluding hydrogens is 477 g/mol. The molecule has 0 atom stereocenters. The molecule has 0 amide bonds. The van der Waals surface area contributed by atoms with E-state index in [2.05, 4.69) is 22.5 Å². The van der Waals surface area contributed by atoms with Gasteiger partial charge in [0.1, 0.15) is 0 Å². The average Bonchev–Trinajstić information content (AvgIpc) is 2.62. The third-order valence-electron chi connectivity index (χ3n) is 5.94. The fourth-order valence-electron chi connectivity index (χ4n) is 4.13. The Morgan fingerprint density at radius 3 is 2.30 bits per heavy atom. The van der Waals surface area contributed by atoms with Crippen LogP contribution in [0.2, 0.25) is 0 Å². The molecule has 1 saturated carbocycles. The minimum absolute atomic E-state index is 0. The Morgan fingerprint density at radius 1 is 1.15 bits per heavy atom. The lowest BCUT2D eigenvalue weighted by molar-refractivity contribution is 0.0768. The van der Waals surface area contributed by atoms with Gasteiger partial charge >= 0.3 is 0 Å². The van der Waals surface area contributed by atoms with Crippen LogP contribution in [-0.4, -0.2) is 57.7 Å². The van der Waals surface area contributed by atoms with Crippen molar-refractivity contribution in [1.82, 2.24) is 10.6 Å². The number of nitrogens with zero attached hydrogens (tertiary/aromatic N) is 1. The van der Waals surface area contributed by atoms with Gasteiger partial charge in [0.25, 0.3) is 0 Å². The van der Waals surface area contributed by atoms with Crippen LogP contribution >= 0.6 is 24.0 Å². The molecule has 160 valence electrons. The number of nitrogens with one attached hydrogen (secondary N) is 2. The Morgan fingerprint density at radius 2 is 1.78 bits per heavy atom. The molecule has 0 radical (unpaired) electrons. The van der Waals surface area contributed by atoms with E-state index in [1.54, 1.807) is 0 Å². The van der Waals surface area contributed by atoms with Crippen LogP contribution in [0.1, 0.15) is 65.2 Å². The summed E-state index contributed by atoms with van der Waals surface area (Å²) in [6.07, 6.45) is 9.87. The molecule has 6 nitrogen and oxygen atoms in total. The van der Waals surface area contributed by atoms with E-state index in [0.29, 0.717) is 38.6 Å². The molecule has 0 aromatic rings. The SMILES string of the molecule is CCCC1CCC(NC(=NCC2(S(C)(=O)=O)CCOCC2)NCC)CC1.I. The first kappa shape index (κ1) is 24.9. The molecule has 2 rings (SSSR count). The van der Waals surface area contributed by atoms with E-state index in [0.717, 1.165) is 18.4 Å². The third-order valence-corrected chi connectivity index (χ3v) is 8.06. The smallest absolute Gasteiger partial charge is 0.191 e. The summed E-state index contributed by atoms with van der Waals surface area (Å²) in [7, 11) is -3.19. The molecule has 0 bridgehead atoms. The van der Waals surface area contributed by atoms with Crippen molar-refractivity contribution in [3.8, 4) is 0 Å². The summed E-state index contributed by atoms with van der Waals surface area (Å²) in [6, 6.07) is 0.435. The second-order valence-corrected chi connectivity index (χ2v) is 10.3. The summed E-state index contributed by atoms with van der Waals surface area (Å²) >= 11 is 0. The predicted octanol–water partition coefficient (Wildman–Crippen LogP) is 3.11. The van der Waals surface area contributed by atoms with Gasteiger partial charge in [-0.2, -0.15) is 0 Å². The monoisotopic (exact) mass is 515 g/mol. The van der Waals surface area contributed by atoms with Crippen molar-refractivity contribution in [1.29, 1.82) is 0 Å². The summed E-state index contributed by atoms with van der Waals surface area (Å²) in [4.78, 5) is 4.68. The first-order valence-corrected chi connectivity index (χ1v) is 12.1. The van der Waals surface area contributed by atoms with Crippen LogP contribution in [0, 0.1) is 5.92 Å². The Labute approximate surface area is 182 Å². The molecule has 2 fully saturated rings. The number of guanidine groups is 1. The van der Waals surface area contributed by atoms with E-state index in [1.807, 2.05) is 6.92 Å². The molecule has 1 aliphatic carbocycles. The maximum atomic E-state index is 12.4. The van der Waals surface area contributed by atoms with Crippen LogP contribution in [0.3, 0.4) is 0 Å². The molecule has 1 saturated heterocycles. The Balaban J connectivity index is 0.00000364. The van der Waals surface area contributed by atoms with Crippen LogP contribution in [0.4, 0.5) is 0 Å². The van der Waals surface area contributed by atoms with Gasteiger partial charge in [-0.05, 0) is 51.4 Å². The van der Waals surface area contributed by atoms with Crippen molar-refractivity contribution in [3.05, 3.63) is 0 Å². The number of rotatable bonds is 7. The molecule has 27 heavy (non-hydrogen) atoms. The maximum absolute atomic E-state index is 12.4. The number of hydrogen-bond donors (Lipinski definition) is 2. The van der Waals surface area contributed by atoms with Crippen molar-refractivity contribution in [3.63, 3.8) is 0 Å². The zero-order valence-corrected chi connectivity index (χ0v) is 20.3. The van der Waals surface area contributed by atoms with E-state index < -0.39 is 14.6 Å². The lowest BCUT2D eigenvalue weighted by Crippen LogP contribution is -2.49. The maximum Gasteiger partial charge on any atom is 0.191 e. The molecule has 8 heteroatoms. The summed E-state index contributed by atoms with van der Waals surface area (Å²) < 4.78 is 29.4. The number of hydrogen-bond acceptors (Lipinski definition) is 4. The van der Waals surface area contributed by atoms with E-state index in [9.17, 15) is 8.42 Å². The normalized spacial score (nSPS) is 26.1. The molecule has 0 unspecified atom stereocenters. The van der Waals surface area contributed by atoms with Crippen molar-refractivity contribution in [2.75, 3.05) is 32.6 Å². The molecule has 1 aliphatic heterocycles. The van der Waals surface area contributed by atoms with Crippen molar-refractivity contribution >= 4 is 39.8 Å². The van der Waals surface area contributed by atoms with Crippen molar-refractivity contribution < 1.29 is 13.2 Å². The molecule has 1 heterocycles. The highest BCUT2D eigenvalue weighted by molar-refractivity contribution is 14.0. The van der Waals surface area contributed by atoms with E-state index in [4.69, 9.17) is 4.74 Å². The van der Waals surface area contributed by atoms with Crippen LogP contribution in [0.15, 0.2) is 4.99 Å². The number of aliphatic imine (C=N–C) groups is 1. The highest BCUT2D eigenvalue weighted by Crippen LogP contribution is 2.30. The zero-order chi connectivity index (χ0) is 19.0. The van der Waals surface area contributed by atoms with Gasteiger partial charge in [-0.1, -0.05) is 19.8 Å². The van der Waals surface area contributed by atoms with Gasteiger partial charge < -0.3 is 15.4 Å². The molecule has 0 aromatic heterocycles. The minimum Gasteiger partial charge on any atom is -0.381 e. The largest absolute Gasteiger partial charge is 0.381 e. The van der Waals surface area contributed by atoms with Crippen molar-refractivity contribution in [2.24, 2.45) is 10.9 Å². The summed E-state index contributed by atoms with van der Waals surface area (Å²) in [5.74, 6) is 1.62. The average molecular weight is 516 g/mol. The lowest BCUT2D eigenvalue weighted by Gasteiger charge is -2.34. The third kappa shape index (κ3) is 7.34. The molecule has 2 N–H and O–H groups in total. The fourth-order valence-corrected chi connectivity index (χ4v) is 5.34. The highest BCUT2D eigenvalue weighted by Gasteiger charge is 2.42. The quantitative estimate of drug-likeness (QED) is 0.310. The van der Waals surface area contributed by atoms with Crippen LogP contribution in [0.25, 0.3) is 0 Å².